The molecule has 1 atom stereocenters. The maximum Gasteiger partial charge on any atom is 0.238 e. The molecule has 0 saturated carbocycles. The molecule has 0 heterocycles. The molecule has 0 unspecified atom stereocenters. The topological polar surface area (TPSA) is 50.4 Å². The van der Waals surface area contributed by atoms with E-state index < -0.39 is 0 Å². The highest BCUT2D eigenvalue weighted by Gasteiger charge is 2.07. The lowest BCUT2D eigenvalue weighted by Gasteiger charge is -2.14. The third-order valence-electron chi connectivity index (χ3n) is 3.22. The van der Waals surface area contributed by atoms with Crippen molar-refractivity contribution in [1.29, 1.82) is 0 Å². The minimum Gasteiger partial charge on any atom is -0.497 e. The molecule has 4 heteroatoms. The van der Waals surface area contributed by atoms with Gasteiger partial charge in [0.05, 0.1) is 13.7 Å². The predicted molar refractivity (Wildman–Crippen MR) is 84.5 cm³/mol. The zero-order chi connectivity index (χ0) is 15.1. The minimum atomic E-state index is -0.0777. The molecule has 0 fully saturated rings. The highest BCUT2D eigenvalue weighted by atomic mass is 16.5. The van der Waals surface area contributed by atoms with Crippen LogP contribution in [0.5, 0.6) is 5.75 Å². The van der Waals surface area contributed by atoms with Gasteiger partial charge in [-0.2, -0.15) is 0 Å². The van der Waals surface area contributed by atoms with Crippen molar-refractivity contribution in [2.45, 2.75) is 13.0 Å². The molecule has 4 nitrogen and oxygen atoms in total. The van der Waals surface area contributed by atoms with Gasteiger partial charge in [0.15, 0.2) is 0 Å². The molecule has 2 rings (SSSR count). The van der Waals surface area contributed by atoms with E-state index in [2.05, 4.69) is 10.6 Å². The summed E-state index contributed by atoms with van der Waals surface area (Å²) in [5.41, 5.74) is 1.89. The van der Waals surface area contributed by atoms with Crippen LogP contribution in [-0.2, 0) is 4.79 Å². The quantitative estimate of drug-likeness (QED) is 0.857. The van der Waals surface area contributed by atoms with Gasteiger partial charge in [-0.1, -0.05) is 36.4 Å². The fraction of sp³-hybridized carbons (Fsp3) is 0.235. The summed E-state index contributed by atoms with van der Waals surface area (Å²) >= 11 is 0. The van der Waals surface area contributed by atoms with E-state index in [0.29, 0.717) is 0 Å². The summed E-state index contributed by atoms with van der Waals surface area (Å²) in [5.74, 6) is 0.643. The van der Waals surface area contributed by atoms with Crippen LogP contribution < -0.4 is 15.4 Å². The summed E-state index contributed by atoms with van der Waals surface area (Å²) in [5, 5.41) is 6.05. The van der Waals surface area contributed by atoms with E-state index >= 15 is 0 Å². The van der Waals surface area contributed by atoms with Crippen LogP contribution in [0.15, 0.2) is 54.6 Å². The molecule has 0 saturated heterocycles. The number of benzene rings is 2. The molecule has 2 aromatic carbocycles. The van der Waals surface area contributed by atoms with E-state index in [-0.39, 0.29) is 18.5 Å². The summed E-state index contributed by atoms with van der Waals surface area (Å²) in [6.07, 6.45) is 0. The second-order valence-electron chi connectivity index (χ2n) is 4.79. The van der Waals surface area contributed by atoms with Gasteiger partial charge in [-0.25, -0.2) is 0 Å². The molecule has 21 heavy (non-hydrogen) atoms. The lowest BCUT2D eigenvalue weighted by atomic mass is 10.1. The van der Waals surface area contributed by atoms with Gasteiger partial charge < -0.3 is 15.4 Å². The monoisotopic (exact) mass is 284 g/mol. The number of ether oxygens (including phenoxy) is 1. The van der Waals surface area contributed by atoms with Crippen LogP contribution in [0.3, 0.4) is 0 Å². The Balaban J connectivity index is 1.84. The number of methoxy groups -OCH3 is 1. The highest BCUT2D eigenvalue weighted by Crippen LogP contribution is 2.16. The number of rotatable bonds is 6. The van der Waals surface area contributed by atoms with Crippen LogP contribution in [-0.4, -0.2) is 19.6 Å². The number of carbonyl (C=O) groups is 1. The summed E-state index contributed by atoms with van der Waals surface area (Å²) < 4.78 is 5.13. The average molecular weight is 284 g/mol. The molecule has 2 aromatic rings. The third-order valence-corrected chi connectivity index (χ3v) is 3.22. The van der Waals surface area contributed by atoms with Gasteiger partial charge in [-0.05, 0) is 24.6 Å². The molecular formula is C17H20N2O2. The second-order valence-corrected chi connectivity index (χ2v) is 4.79. The normalized spacial score (nSPS) is 11.7. The number of carbonyl (C=O) groups excluding carboxylic acids is 1. The Morgan fingerprint density at radius 3 is 2.62 bits per heavy atom. The van der Waals surface area contributed by atoms with Gasteiger partial charge in [0.1, 0.15) is 5.75 Å². The second kappa shape index (κ2) is 7.45. The molecule has 0 aliphatic carbocycles. The van der Waals surface area contributed by atoms with Crippen LogP contribution in [0.1, 0.15) is 18.5 Å². The van der Waals surface area contributed by atoms with E-state index in [1.165, 1.54) is 0 Å². The maximum absolute atomic E-state index is 11.9. The molecule has 0 aliphatic heterocycles. The smallest absolute Gasteiger partial charge is 0.238 e. The number of hydrogen-bond donors (Lipinski definition) is 2. The Kier molecular flexibility index (Phi) is 5.35. The van der Waals surface area contributed by atoms with Gasteiger partial charge >= 0.3 is 0 Å². The lowest BCUT2D eigenvalue weighted by molar-refractivity contribution is -0.115. The third kappa shape index (κ3) is 4.61. The van der Waals surface area contributed by atoms with Crippen LogP contribution in [0.25, 0.3) is 0 Å². The Hall–Kier alpha value is -2.33. The van der Waals surface area contributed by atoms with Gasteiger partial charge in [-0.15, -0.1) is 0 Å². The van der Waals surface area contributed by atoms with Gasteiger partial charge in [0.25, 0.3) is 0 Å². The molecule has 0 aliphatic rings. The minimum absolute atomic E-state index is 0.0777. The largest absolute Gasteiger partial charge is 0.497 e. The molecule has 0 aromatic heterocycles. The van der Waals surface area contributed by atoms with Gasteiger partial charge in [-0.3, -0.25) is 4.79 Å². The van der Waals surface area contributed by atoms with Crippen molar-refractivity contribution in [3.05, 3.63) is 60.2 Å². The fourth-order valence-electron chi connectivity index (χ4n) is 2.01. The molecular weight excluding hydrogens is 264 g/mol. The maximum atomic E-state index is 11.9. The van der Waals surface area contributed by atoms with Crippen LogP contribution in [0.2, 0.25) is 0 Å². The highest BCUT2D eigenvalue weighted by molar-refractivity contribution is 5.92. The SMILES string of the molecule is COc1cccc(NC(=O)CN[C@H](C)c2ccccc2)c1. The first-order valence-corrected chi connectivity index (χ1v) is 6.91. The van der Waals surface area contributed by atoms with Gasteiger partial charge in [0.2, 0.25) is 5.91 Å². The van der Waals surface area contributed by atoms with E-state index in [0.717, 1.165) is 17.0 Å². The van der Waals surface area contributed by atoms with Crippen molar-refractivity contribution in [3.8, 4) is 5.75 Å². The Morgan fingerprint density at radius 1 is 1.14 bits per heavy atom. The molecule has 0 spiro atoms. The van der Waals surface area contributed by atoms with Crippen LogP contribution in [0, 0.1) is 0 Å². The van der Waals surface area contributed by atoms with Gasteiger partial charge in [0, 0.05) is 17.8 Å². The first-order chi connectivity index (χ1) is 10.2. The number of nitrogens with one attached hydrogen (secondary N) is 2. The van der Waals surface area contributed by atoms with E-state index in [1.54, 1.807) is 13.2 Å². The van der Waals surface area contributed by atoms with E-state index in [4.69, 9.17) is 4.74 Å². The molecule has 1 amide bonds. The van der Waals surface area contributed by atoms with Crippen molar-refractivity contribution in [3.63, 3.8) is 0 Å². The van der Waals surface area contributed by atoms with Crippen molar-refractivity contribution in [1.82, 2.24) is 5.32 Å². The first-order valence-electron chi connectivity index (χ1n) is 6.91. The molecule has 110 valence electrons. The van der Waals surface area contributed by atoms with Crippen LogP contribution >= 0.6 is 0 Å². The number of anilines is 1. The summed E-state index contributed by atoms with van der Waals surface area (Å²) in [7, 11) is 1.60. The van der Waals surface area contributed by atoms with Crippen molar-refractivity contribution < 1.29 is 9.53 Å². The van der Waals surface area contributed by atoms with Crippen molar-refractivity contribution in [2.75, 3.05) is 19.0 Å². The molecule has 2 N–H and O–H groups in total. The average Bonchev–Trinajstić information content (AvgIpc) is 2.53. The summed E-state index contributed by atoms with van der Waals surface area (Å²) in [6, 6.07) is 17.5. The van der Waals surface area contributed by atoms with Crippen molar-refractivity contribution in [2.24, 2.45) is 0 Å². The lowest BCUT2D eigenvalue weighted by Crippen LogP contribution is -2.30. The summed E-state index contributed by atoms with van der Waals surface area (Å²) in [4.78, 5) is 11.9. The Morgan fingerprint density at radius 2 is 1.90 bits per heavy atom. The predicted octanol–water partition coefficient (Wildman–Crippen LogP) is 2.98. The molecule has 0 radical (unpaired) electrons. The van der Waals surface area contributed by atoms with E-state index in [1.807, 2.05) is 55.5 Å². The van der Waals surface area contributed by atoms with E-state index in [9.17, 15) is 4.79 Å². The van der Waals surface area contributed by atoms with Crippen molar-refractivity contribution >= 4 is 11.6 Å². The zero-order valence-electron chi connectivity index (χ0n) is 12.3. The summed E-state index contributed by atoms with van der Waals surface area (Å²) in [6.45, 7) is 2.29. The number of hydrogen-bond acceptors (Lipinski definition) is 3. The Bertz CT molecular complexity index is 584. The Labute approximate surface area is 125 Å². The number of amides is 1. The fourth-order valence-corrected chi connectivity index (χ4v) is 2.01. The molecule has 0 bridgehead atoms. The van der Waals surface area contributed by atoms with Crippen LogP contribution in [0.4, 0.5) is 5.69 Å². The first kappa shape index (κ1) is 15.1. The zero-order valence-corrected chi connectivity index (χ0v) is 12.3. The standard InChI is InChI=1S/C17H20N2O2/c1-13(14-7-4-3-5-8-14)18-12-17(20)19-15-9-6-10-16(11-15)21-2/h3-11,13,18H,12H2,1-2H3,(H,19,20)/t13-/m1/s1.